The first kappa shape index (κ1) is 21.3. The number of piperidine rings is 1. The average Bonchev–Trinajstić information content (AvgIpc) is 3.48. The summed E-state index contributed by atoms with van der Waals surface area (Å²) in [6.45, 7) is 5.24. The normalized spacial score (nSPS) is 15.1. The van der Waals surface area contributed by atoms with Crippen molar-refractivity contribution in [2.24, 2.45) is 0 Å². The van der Waals surface area contributed by atoms with Crippen LogP contribution in [0.2, 0.25) is 0 Å². The molecule has 0 spiro atoms. The van der Waals surface area contributed by atoms with Gasteiger partial charge in [0.2, 0.25) is 0 Å². The van der Waals surface area contributed by atoms with Gasteiger partial charge in [-0.2, -0.15) is 5.10 Å². The molecule has 0 unspecified atom stereocenters. The number of amides is 1. The first-order chi connectivity index (χ1) is 16.1. The number of hydrogen-bond acceptors (Lipinski definition) is 4. The maximum Gasteiger partial charge on any atom is 0.256 e. The predicted molar refractivity (Wildman–Crippen MR) is 134 cm³/mol. The van der Waals surface area contributed by atoms with E-state index in [0.717, 1.165) is 54.9 Å². The summed E-state index contributed by atoms with van der Waals surface area (Å²) >= 11 is 0. The van der Waals surface area contributed by atoms with Crippen molar-refractivity contribution in [3.8, 4) is 11.3 Å². The number of hydrogen-bond donors (Lipinski definition) is 3. The van der Waals surface area contributed by atoms with Gasteiger partial charge >= 0.3 is 0 Å². The fourth-order valence-corrected chi connectivity index (χ4v) is 4.56. The zero-order valence-corrected chi connectivity index (χ0v) is 19.1. The van der Waals surface area contributed by atoms with Crippen molar-refractivity contribution in [3.05, 3.63) is 66.4 Å². The van der Waals surface area contributed by atoms with E-state index in [1.165, 1.54) is 5.39 Å². The molecule has 170 valence electrons. The molecular formula is C26H30N6O. The SMILES string of the molecule is CCn1ccc2cccc(-c3cc(NC(=O)c4ccc(NC5CCN(C)CC5)cc4)[nH]n3)c21. The van der Waals surface area contributed by atoms with E-state index in [9.17, 15) is 4.79 Å². The van der Waals surface area contributed by atoms with Crippen molar-refractivity contribution in [1.29, 1.82) is 0 Å². The second kappa shape index (κ2) is 9.11. The van der Waals surface area contributed by atoms with Gasteiger partial charge in [-0.1, -0.05) is 18.2 Å². The number of carbonyl (C=O) groups is 1. The number of carbonyl (C=O) groups excluding carboxylic acids is 1. The van der Waals surface area contributed by atoms with Gasteiger partial charge in [0.1, 0.15) is 5.82 Å². The summed E-state index contributed by atoms with van der Waals surface area (Å²) in [4.78, 5) is 15.1. The Balaban J connectivity index is 1.26. The molecule has 0 aliphatic carbocycles. The molecule has 1 fully saturated rings. The number of benzene rings is 2. The van der Waals surface area contributed by atoms with Gasteiger partial charge in [0.15, 0.2) is 0 Å². The van der Waals surface area contributed by atoms with Crippen LogP contribution in [0.4, 0.5) is 11.5 Å². The lowest BCUT2D eigenvalue weighted by molar-refractivity contribution is 0.102. The summed E-state index contributed by atoms with van der Waals surface area (Å²) in [5, 5.41) is 15.1. The maximum atomic E-state index is 12.8. The molecule has 2 aromatic carbocycles. The number of likely N-dealkylation sites (tertiary alicyclic amines) is 1. The lowest BCUT2D eigenvalue weighted by Gasteiger charge is -2.30. The number of aromatic amines is 1. The predicted octanol–water partition coefficient (Wildman–Crippen LogP) is 4.81. The molecule has 1 aliphatic heterocycles. The van der Waals surface area contributed by atoms with Gasteiger partial charge in [-0.15, -0.1) is 0 Å². The fourth-order valence-electron chi connectivity index (χ4n) is 4.56. The highest BCUT2D eigenvalue weighted by Gasteiger charge is 2.17. The monoisotopic (exact) mass is 442 g/mol. The third-order valence-corrected chi connectivity index (χ3v) is 6.47. The van der Waals surface area contributed by atoms with Crippen LogP contribution in [-0.4, -0.2) is 51.8 Å². The summed E-state index contributed by atoms with van der Waals surface area (Å²) < 4.78 is 2.21. The summed E-state index contributed by atoms with van der Waals surface area (Å²) in [6, 6.07) is 18.4. The number of para-hydroxylation sites is 1. The van der Waals surface area contributed by atoms with E-state index < -0.39 is 0 Å². The van der Waals surface area contributed by atoms with E-state index in [-0.39, 0.29) is 5.91 Å². The quantitative estimate of drug-likeness (QED) is 0.400. The third kappa shape index (κ3) is 4.50. The van der Waals surface area contributed by atoms with E-state index in [1.807, 2.05) is 36.4 Å². The molecule has 0 saturated carbocycles. The van der Waals surface area contributed by atoms with Crippen LogP contribution in [-0.2, 0) is 6.54 Å². The largest absolute Gasteiger partial charge is 0.382 e. The van der Waals surface area contributed by atoms with Crippen molar-refractivity contribution < 1.29 is 4.79 Å². The molecule has 3 heterocycles. The lowest BCUT2D eigenvalue weighted by Crippen LogP contribution is -2.36. The van der Waals surface area contributed by atoms with Crippen LogP contribution in [0.15, 0.2) is 60.8 Å². The number of nitrogens with one attached hydrogen (secondary N) is 3. The van der Waals surface area contributed by atoms with Gasteiger partial charge in [-0.25, -0.2) is 0 Å². The van der Waals surface area contributed by atoms with Gasteiger partial charge in [-0.3, -0.25) is 9.89 Å². The van der Waals surface area contributed by atoms with Crippen LogP contribution in [0.25, 0.3) is 22.2 Å². The average molecular weight is 443 g/mol. The molecule has 0 bridgehead atoms. The van der Waals surface area contributed by atoms with Crippen LogP contribution in [0.5, 0.6) is 0 Å². The van der Waals surface area contributed by atoms with Crippen LogP contribution < -0.4 is 10.6 Å². The maximum absolute atomic E-state index is 12.8. The second-order valence-corrected chi connectivity index (χ2v) is 8.77. The van der Waals surface area contributed by atoms with Crippen molar-refractivity contribution in [3.63, 3.8) is 0 Å². The van der Waals surface area contributed by atoms with Gasteiger partial charge in [-0.05, 0) is 70.2 Å². The highest BCUT2D eigenvalue weighted by Crippen LogP contribution is 2.29. The number of fused-ring (bicyclic) bond motifs is 1. The molecule has 4 aromatic rings. The summed E-state index contributed by atoms with van der Waals surface area (Å²) in [5.41, 5.74) is 4.67. The summed E-state index contributed by atoms with van der Waals surface area (Å²) in [5.74, 6) is 0.418. The first-order valence-electron chi connectivity index (χ1n) is 11.6. The molecular weight excluding hydrogens is 412 g/mol. The highest BCUT2D eigenvalue weighted by molar-refractivity contribution is 6.04. The summed E-state index contributed by atoms with van der Waals surface area (Å²) in [6.07, 6.45) is 4.37. The van der Waals surface area contributed by atoms with E-state index in [2.05, 4.69) is 68.7 Å². The molecule has 3 N–H and O–H groups in total. The Kier molecular flexibility index (Phi) is 5.88. The Labute approximate surface area is 193 Å². The van der Waals surface area contributed by atoms with E-state index >= 15 is 0 Å². The summed E-state index contributed by atoms with van der Waals surface area (Å²) in [7, 11) is 2.16. The van der Waals surface area contributed by atoms with Gasteiger partial charge in [0, 0.05) is 47.1 Å². The standard InChI is InChI=1S/C26H30N6O/c1-3-32-16-11-18-5-4-6-22(25(18)32)23-17-24(30-29-23)28-26(33)19-7-9-20(10-8-19)27-21-12-14-31(2)15-13-21/h4-11,16-17,21,27H,3,12-15H2,1-2H3,(H2,28,29,30,33). The van der Waals surface area contributed by atoms with Crippen molar-refractivity contribution in [2.75, 3.05) is 30.8 Å². The molecule has 1 aliphatic rings. The zero-order chi connectivity index (χ0) is 22.8. The van der Waals surface area contributed by atoms with Crippen LogP contribution in [0.3, 0.4) is 0 Å². The molecule has 7 nitrogen and oxygen atoms in total. The van der Waals surface area contributed by atoms with Crippen molar-refractivity contribution >= 4 is 28.3 Å². The van der Waals surface area contributed by atoms with E-state index in [0.29, 0.717) is 17.4 Å². The van der Waals surface area contributed by atoms with Crippen LogP contribution in [0, 0.1) is 0 Å². The van der Waals surface area contributed by atoms with Gasteiger partial charge in [0.05, 0.1) is 11.2 Å². The second-order valence-electron chi connectivity index (χ2n) is 8.77. The number of H-pyrrole nitrogens is 1. The minimum atomic E-state index is -0.161. The molecule has 33 heavy (non-hydrogen) atoms. The van der Waals surface area contributed by atoms with Crippen LogP contribution >= 0.6 is 0 Å². The smallest absolute Gasteiger partial charge is 0.256 e. The Morgan fingerprint density at radius 2 is 1.91 bits per heavy atom. The van der Waals surface area contributed by atoms with Gasteiger partial charge < -0.3 is 20.1 Å². The molecule has 1 amide bonds. The minimum Gasteiger partial charge on any atom is -0.382 e. The third-order valence-electron chi connectivity index (χ3n) is 6.47. The van der Waals surface area contributed by atoms with Crippen molar-refractivity contribution in [1.82, 2.24) is 19.7 Å². The molecule has 2 aromatic heterocycles. The number of anilines is 2. The number of rotatable bonds is 6. The van der Waals surface area contributed by atoms with Crippen LogP contribution in [0.1, 0.15) is 30.1 Å². The van der Waals surface area contributed by atoms with Crippen molar-refractivity contribution in [2.45, 2.75) is 32.4 Å². The molecule has 5 rings (SSSR count). The fraction of sp³-hybridized carbons (Fsp3) is 0.308. The Morgan fingerprint density at radius 3 is 2.67 bits per heavy atom. The van der Waals surface area contributed by atoms with Gasteiger partial charge in [0.25, 0.3) is 5.91 Å². The first-order valence-corrected chi connectivity index (χ1v) is 11.6. The molecule has 7 heteroatoms. The topological polar surface area (TPSA) is 78.0 Å². The number of aromatic nitrogens is 3. The highest BCUT2D eigenvalue weighted by atomic mass is 16.1. The Hall–Kier alpha value is -3.58. The van der Waals surface area contributed by atoms with E-state index in [4.69, 9.17) is 0 Å². The van der Waals surface area contributed by atoms with E-state index in [1.54, 1.807) is 0 Å². The lowest BCUT2D eigenvalue weighted by atomic mass is 10.0. The minimum absolute atomic E-state index is 0.161. The molecule has 0 radical (unpaired) electrons. The molecule has 1 saturated heterocycles. The zero-order valence-electron chi connectivity index (χ0n) is 19.1. The number of nitrogens with zero attached hydrogens (tertiary/aromatic N) is 3. The Morgan fingerprint density at radius 1 is 1.12 bits per heavy atom. The number of aryl methyl sites for hydroxylation is 1. The molecule has 0 atom stereocenters. The Bertz CT molecular complexity index is 1250.